The van der Waals surface area contributed by atoms with Crippen LogP contribution >= 0.6 is 0 Å². The first-order chi connectivity index (χ1) is 6.65. The lowest BCUT2D eigenvalue weighted by molar-refractivity contribution is 1.33. The fraction of sp³-hybridized carbons (Fsp3) is 0.143. The normalized spacial score (nSPS) is 9.57. The Balaban J connectivity index is 3.62. The molecule has 0 bridgehead atoms. The fourth-order valence-corrected chi connectivity index (χ4v) is 1.80. The molecule has 0 radical (unpaired) electrons. The Hall–Kier alpha value is -1.56. The molecule has 0 heterocycles. The van der Waals surface area contributed by atoms with E-state index in [9.17, 15) is 0 Å². The van der Waals surface area contributed by atoms with Gasteiger partial charge in [0.15, 0.2) is 0 Å². The highest BCUT2D eigenvalue weighted by Crippen LogP contribution is 2.25. The predicted octanol–water partition coefficient (Wildman–Crippen LogP) is 4.23. The third-order valence-electron chi connectivity index (χ3n) is 2.54. The molecule has 1 aromatic rings. The SMILES string of the molecule is C=Cc1cc(C)c(C=C)c(C)c1C=C. The zero-order chi connectivity index (χ0) is 10.7. The average Bonchev–Trinajstić information content (AvgIpc) is 2.17. The van der Waals surface area contributed by atoms with Gasteiger partial charge in [0.25, 0.3) is 0 Å². The Bertz CT molecular complexity index is 395. The van der Waals surface area contributed by atoms with Crippen LogP contribution in [0.2, 0.25) is 0 Å². The topological polar surface area (TPSA) is 0 Å². The lowest BCUT2D eigenvalue weighted by atomic mass is 9.93. The second-order valence-corrected chi connectivity index (χ2v) is 3.35. The summed E-state index contributed by atoms with van der Waals surface area (Å²) in [6.07, 6.45) is 5.63. The molecule has 0 aliphatic rings. The van der Waals surface area contributed by atoms with E-state index in [-0.39, 0.29) is 0 Å². The molecule has 0 heteroatoms. The summed E-state index contributed by atoms with van der Waals surface area (Å²) in [5.74, 6) is 0. The fourth-order valence-electron chi connectivity index (χ4n) is 1.80. The standard InChI is InChI=1S/C14H16/c1-6-12-9-10(4)13(7-2)11(5)14(12)8-3/h6-9H,1-3H2,4-5H3. The lowest BCUT2D eigenvalue weighted by Gasteiger charge is -2.12. The van der Waals surface area contributed by atoms with E-state index in [1.807, 2.05) is 18.2 Å². The molecule has 0 unspecified atom stereocenters. The molecule has 0 saturated carbocycles. The minimum atomic E-state index is 1.14. The Labute approximate surface area is 86.3 Å². The minimum absolute atomic E-state index is 1.14. The van der Waals surface area contributed by atoms with Crippen molar-refractivity contribution in [3.8, 4) is 0 Å². The molecule has 0 amide bonds. The molecule has 0 atom stereocenters. The average molecular weight is 184 g/mol. The largest absolute Gasteiger partial charge is 0.0984 e. The second-order valence-electron chi connectivity index (χ2n) is 3.35. The van der Waals surface area contributed by atoms with Crippen LogP contribution in [-0.4, -0.2) is 0 Å². The van der Waals surface area contributed by atoms with Crippen molar-refractivity contribution in [3.63, 3.8) is 0 Å². The highest BCUT2D eigenvalue weighted by molar-refractivity contribution is 5.72. The predicted molar refractivity (Wildman–Crippen MR) is 66.2 cm³/mol. The van der Waals surface area contributed by atoms with Gasteiger partial charge in [-0.25, -0.2) is 0 Å². The molecule has 0 fully saturated rings. The first-order valence-electron chi connectivity index (χ1n) is 4.67. The Morgan fingerprint density at radius 3 is 1.93 bits per heavy atom. The van der Waals surface area contributed by atoms with Gasteiger partial charge in [0, 0.05) is 0 Å². The van der Waals surface area contributed by atoms with Crippen LogP contribution in [0.3, 0.4) is 0 Å². The van der Waals surface area contributed by atoms with E-state index in [1.54, 1.807) is 0 Å². The number of aryl methyl sites for hydroxylation is 1. The Kier molecular flexibility index (Phi) is 3.08. The van der Waals surface area contributed by atoms with E-state index in [1.165, 1.54) is 16.7 Å². The van der Waals surface area contributed by atoms with Gasteiger partial charge in [0.1, 0.15) is 0 Å². The van der Waals surface area contributed by atoms with Gasteiger partial charge in [-0.15, -0.1) is 0 Å². The van der Waals surface area contributed by atoms with Crippen LogP contribution in [0.4, 0.5) is 0 Å². The van der Waals surface area contributed by atoms with Crippen molar-refractivity contribution in [1.82, 2.24) is 0 Å². The van der Waals surface area contributed by atoms with Crippen LogP contribution in [0.15, 0.2) is 25.8 Å². The van der Waals surface area contributed by atoms with Crippen LogP contribution in [0, 0.1) is 13.8 Å². The summed E-state index contributed by atoms with van der Waals surface area (Å²) >= 11 is 0. The van der Waals surface area contributed by atoms with Gasteiger partial charge in [0.05, 0.1) is 0 Å². The highest BCUT2D eigenvalue weighted by atomic mass is 14.1. The van der Waals surface area contributed by atoms with Crippen LogP contribution < -0.4 is 0 Å². The first-order valence-corrected chi connectivity index (χ1v) is 4.67. The molecule has 0 saturated heterocycles. The summed E-state index contributed by atoms with van der Waals surface area (Å²) in [5.41, 5.74) is 5.95. The van der Waals surface area contributed by atoms with E-state index in [2.05, 4.69) is 39.7 Å². The minimum Gasteiger partial charge on any atom is -0.0984 e. The van der Waals surface area contributed by atoms with Gasteiger partial charge < -0.3 is 0 Å². The van der Waals surface area contributed by atoms with Crippen LogP contribution in [0.5, 0.6) is 0 Å². The van der Waals surface area contributed by atoms with E-state index in [0.717, 1.165) is 11.1 Å². The van der Waals surface area contributed by atoms with E-state index in [4.69, 9.17) is 0 Å². The summed E-state index contributed by atoms with van der Waals surface area (Å²) in [5, 5.41) is 0. The maximum atomic E-state index is 3.82. The summed E-state index contributed by atoms with van der Waals surface area (Å²) in [6.45, 7) is 15.6. The van der Waals surface area contributed by atoms with E-state index in [0.29, 0.717) is 0 Å². The number of rotatable bonds is 3. The maximum Gasteiger partial charge on any atom is -0.0155 e. The van der Waals surface area contributed by atoms with Crippen molar-refractivity contribution in [2.45, 2.75) is 13.8 Å². The van der Waals surface area contributed by atoms with E-state index >= 15 is 0 Å². The third-order valence-corrected chi connectivity index (χ3v) is 2.54. The van der Waals surface area contributed by atoms with Crippen LogP contribution in [0.1, 0.15) is 27.8 Å². The number of hydrogen-bond acceptors (Lipinski definition) is 0. The molecule has 1 rings (SSSR count). The van der Waals surface area contributed by atoms with Gasteiger partial charge in [-0.1, -0.05) is 44.0 Å². The lowest BCUT2D eigenvalue weighted by Crippen LogP contribution is -1.93. The van der Waals surface area contributed by atoms with Crippen molar-refractivity contribution in [2.75, 3.05) is 0 Å². The van der Waals surface area contributed by atoms with Gasteiger partial charge in [-0.05, 0) is 41.7 Å². The molecule has 14 heavy (non-hydrogen) atoms. The third kappa shape index (κ3) is 1.56. The molecule has 0 N–H and O–H groups in total. The molecule has 72 valence electrons. The smallest absolute Gasteiger partial charge is 0.0155 e. The molecule has 0 nitrogen and oxygen atoms in total. The zero-order valence-corrected chi connectivity index (χ0v) is 8.93. The van der Waals surface area contributed by atoms with Gasteiger partial charge in [-0.2, -0.15) is 0 Å². The molecule has 1 aromatic carbocycles. The Morgan fingerprint density at radius 1 is 0.929 bits per heavy atom. The monoisotopic (exact) mass is 184 g/mol. The van der Waals surface area contributed by atoms with Gasteiger partial charge in [0.2, 0.25) is 0 Å². The van der Waals surface area contributed by atoms with Crippen molar-refractivity contribution >= 4 is 18.2 Å². The Morgan fingerprint density at radius 2 is 1.50 bits per heavy atom. The zero-order valence-electron chi connectivity index (χ0n) is 8.93. The first kappa shape index (κ1) is 10.5. The number of hydrogen-bond donors (Lipinski definition) is 0. The van der Waals surface area contributed by atoms with Crippen molar-refractivity contribution in [1.29, 1.82) is 0 Å². The van der Waals surface area contributed by atoms with Gasteiger partial charge >= 0.3 is 0 Å². The molecule has 0 aromatic heterocycles. The number of benzene rings is 1. The van der Waals surface area contributed by atoms with Crippen molar-refractivity contribution in [3.05, 3.63) is 53.6 Å². The maximum absolute atomic E-state index is 3.82. The van der Waals surface area contributed by atoms with Crippen LogP contribution in [0.25, 0.3) is 18.2 Å². The second kappa shape index (κ2) is 4.10. The molecule has 0 aliphatic carbocycles. The summed E-state index contributed by atoms with van der Waals surface area (Å²) < 4.78 is 0. The van der Waals surface area contributed by atoms with Gasteiger partial charge in [-0.3, -0.25) is 0 Å². The molecular weight excluding hydrogens is 168 g/mol. The van der Waals surface area contributed by atoms with Crippen molar-refractivity contribution in [2.24, 2.45) is 0 Å². The van der Waals surface area contributed by atoms with Crippen molar-refractivity contribution < 1.29 is 0 Å². The van der Waals surface area contributed by atoms with Crippen LogP contribution in [-0.2, 0) is 0 Å². The summed E-state index contributed by atoms with van der Waals surface area (Å²) in [6, 6.07) is 2.12. The molecule has 0 spiro atoms. The quantitative estimate of drug-likeness (QED) is 0.659. The molecule has 0 aliphatic heterocycles. The summed E-state index contributed by atoms with van der Waals surface area (Å²) in [4.78, 5) is 0. The van der Waals surface area contributed by atoms with E-state index < -0.39 is 0 Å². The highest BCUT2D eigenvalue weighted by Gasteiger charge is 2.06. The summed E-state index contributed by atoms with van der Waals surface area (Å²) in [7, 11) is 0. The molecular formula is C14H16.